The molecule has 0 spiro atoms. The third-order valence-electron chi connectivity index (χ3n) is 4.82. The number of H-pyrrole nitrogens is 1. The average molecular weight is 463 g/mol. The molecule has 7 nitrogen and oxygen atoms in total. The molecular formula is C22H20Cl2N2O5. The van der Waals surface area contributed by atoms with E-state index in [1.165, 1.54) is 0 Å². The molecule has 0 bridgehead atoms. The Kier molecular flexibility index (Phi) is 7.20. The van der Waals surface area contributed by atoms with Crippen LogP contribution in [0.4, 0.5) is 0 Å². The number of aliphatic carboxylic acids is 1. The molecule has 31 heavy (non-hydrogen) atoms. The summed E-state index contributed by atoms with van der Waals surface area (Å²) >= 11 is 12.3. The molecule has 2 aromatic carbocycles. The molecule has 0 saturated heterocycles. The molecule has 0 aliphatic heterocycles. The van der Waals surface area contributed by atoms with Crippen LogP contribution in [0.2, 0.25) is 10.0 Å². The van der Waals surface area contributed by atoms with Crippen LogP contribution in [0.1, 0.15) is 29.5 Å². The van der Waals surface area contributed by atoms with Crippen molar-refractivity contribution >= 4 is 35.1 Å². The number of hydrogen-bond donors (Lipinski definition) is 3. The summed E-state index contributed by atoms with van der Waals surface area (Å²) < 4.78 is 4.83. The number of amides is 1. The normalized spacial score (nSPS) is 12.9. The van der Waals surface area contributed by atoms with Crippen LogP contribution in [0.25, 0.3) is 11.1 Å². The Labute approximate surface area is 188 Å². The molecule has 162 valence electrons. The molecule has 0 saturated carbocycles. The second-order valence-electron chi connectivity index (χ2n) is 7.25. The lowest BCUT2D eigenvalue weighted by atomic mass is 9.95. The van der Waals surface area contributed by atoms with Crippen LogP contribution in [0.5, 0.6) is 0 Å². The zero-order valence-corrected chi connectivity index (χ0v) is 18.0. The molecule has 3 N–H and O–H groups in total. The fourth-order valence-corrected chi connectivity index (χ4v) is 3.59. The molecular weight excluding hydrogens is 443 g/mol. The lowest BCUT2D eigenvalue weighted by Crippen LogP contribution is -2.38. The van der Waals surface area contributed by atoms with E-state index >= 15 is 0 Å². The number of aromatic nitrogens is 1. The van der Waals surface area contributed by atoms with E-state index in [-0.39, 0.29) is 12.2 Å². The van der Waals surface area contributed by atoms with Crippen molar-refractivity contribution < 1.29 is 19.2 Å². The Morgan fingerprint density at radius 1 is 1.13 bits per heavy atom. The summed E-state index contributed by atoms with van der Waals surface area (Å²) in [5.74, 6) is -2.39. The van der Waals surface area contributed by atoms with Crippen LogP contribution in [0, 0.1) is 5.92 Å². The highest BCUT2D eigenvalue weighted by Gasteiger charge is 2.22. The molecule has 0 unspecified atom stereocenters. The first-order valence-corrected chi connectivity index (χ1v) is 10.2. The van der Waals surface area contributed by atoms with Gasteiger partial charge in [-0.1, -0.05) is 54.4 Å². The standard InChI is InChI=1S/C22H20Cl2N2O5/c1-12(22(29)30)8-16(25-21(28)19-11-20(27)26-31-19)9-13-2-4-14(5-3-13)17-10-15(23)6-7-18(17)24/h2-7,10-12,16H,8-9H2,1H3,(H,25,28)(H,26,27)(H,29,30)/t12-,16-/m0/s1. The van der Waals surface area contributed by atoms with Crippen molar-refractivity contribution in [2.75, 3.05) is 0 Å². The number of carbonyl (C=O) groups excluding carboxylic acids is 1. The lowest BCUT2D eigenvalue weighted by molar-refractivity contribution is -0.141. The van der Waals surface area contributed by atoms with Crippen molar-refractivity contribution in [1.82, 2.24) is 10.5 Å². The van der Waals surface area contributed by atoms with Gasteiger partial charge in [-0.3, -0.25) is 14.4 Å². The molecule has 0 fully saturated rings. The van der Waals surface area contributed by atoms with E-state index in [0.717, 1.165) is 22.8 Å². The number of hydrogen-bond acceptors (Lipinski definition) is 4. The summed E-state index contributed by atoms with van der Waals surface area (Å²) in [6, 6.07) is 13.3. The quantitative estimate of drug-likeness (QED) is 0.459. The molecule has 0 radical (unpaired) electrons. The van der Waals surface area contributed by atoms with Gasteiger partial charge in [-0.05, 0) is 42.2 Å². The van der Waals surface area contributed by atoms with Gasteiger partial charge in [0, 0.05) is 21.7 Å². The van der Waals surface area contributed by atoms with Crippen molar-refractivity contribution in [3.8, 4) is 11.1 Å². The number of carboxylic acid groups (broad SMARTS) is 1. The molecule has 1 heterocycles. The number of carbonyl (C=O) groups is 2. The van der Waals surface area contributed by atoms with Crippen LogP contribution >= 0.6 is 23.2 Å². The van der Waals surface area contributed by atoms with Gasteiger partial charge in [0.25, 0.3) is 11.5 Å². The maximum Gasteiger partial charge on any atom is 0.306 e. The Hall–Kier alpha value is -3.03. The van der Waals surface area contributed by atoms with Gasteiger partial charge in [0.15, 0.2) is 0 Å². The minimum absolute atomic E-state index is 0.163. The SMILES string of the molecule is C[C@@H](C[C@@H](Cc1ccc(-c2cc(Cl)ccc2Cl)cc1)NC(=O)c1cc(=O)[nH]o1)C(=O)O. The number of halogens is 2. The van der Waals surface area contributed by atoms with Crippen molar-refractivity contribution in [3.05, 3.63) is 80.3 Å². The minimum Gasteiger partial charge on any atom is -0.481 e. The van der Waals surface area contributed by atoms with Gasteiger partial charge in [0.2, 0.25) is 5.76 Å². The number of rotatable bonds is 8. The first kappa shape index (κ1) is 22.7. The summed E-state index contributed by atoms with van der Waals surface area (Å²) in [6.07, 6.45) is 0.596. The molecule has 1 amide bonds. The zero-order chi connectivity index (χ0) is 22.5. The van der Waals surface area contributed by atoms with Crippen LogP contribution in [-0.4, -0.2) is 28.2 Å². The van der Waals surface area contributed by atoms with Gasteiger partial charge in [-0.15, -0.1) is 0 Å². The fourth-order valence-electron chi connectivity index (χ4n) is 3.20. The minimum atomic E-state index is -0.960. The second kappa shape index (κ2) is 9.85. The van der Waals surface area contributed by atoms with E-state index < -0.39 is 29.4 Å². The molecule has 3 rings (SSSR count). The Morgan fingerprint density at radius 3 is 2.45 bits per heavy atom. The maximum atomic E-state index is 12.4. The van der Waals surface area contributed by atoms with Gasteiger partial charge >= 0.3 is 5.97 Å². The van der Waals surface area contributed by atoms with Crippen LogP contribution < -0.4 is 10.9 Å². The van der Waals surface area contributed by atoms with Gasteiger partial charge in [0.1, 0.15) is 0 Å². The van der Waals surface area contributed by atoms with E-state index in [4.69, 9.17) is 27.7 Å². The molecule has 3 aromatic rings. The zero-order valence-electron chi connectivity index (χ0n) is 16.5. The molecule has 0 aliphatic carbocycles. The summed E-state index contributed by atoms with van der Waals surface area (Å²) in [5, 5.41) is 15.2. The average Bonchev–Trinajstić information content (AvgIpc) is 3.17. The number of carboxylic acids is 1. The number of benzene rings is 2. The Balaban J connectivity index is 1.78. The van der Waals surface area contributed by atoms with Crippen LogP contribution in [-0.2, 0) is 11.2 Å². The highest BCUT2D eigenvalue weighted by molar-refractivity contribution is 6.35. The molecule has 0 aliphatic rings. The van der Waals surface area contributed by atoms with E-state index in [9.17, 15) is 19.5 Å². The van der Waals surface area contributed by atoms with Gasteiger partial charge in [0.05, 0.1) is 12.0 Å². The third-order valence-corrected chi connectivity index (χ3v) is 5.38. The smallest absolute Gasteiger partial charge is 0.306 e. The summed E-state index contributed by atoms with van der Waals surface area (Å²) in [5.41, 5.74) is 2.04. The summed E-state index contributed by atoms with van der Waals surface area (Å²) in [4.78, 5) is 34.9. The predicted octanol–water partition coefficient (Wildman–Crippen LogP) is 4.39. The van der Waals surface area contributed by atoms with Gasteiger partial charge in [-0.25, -0.2) is 0 Å². The van der Waals surface area contributed by atoms with Crippen molar-refractivity contribution in [3.63, 3.8) is 0 Å². The number of nitrogens with one attached hydrogen (secondary N) is 2. The Bertz CT molecular complexity index is 1140. The first-order chi connectivity index (χ1) is 14.7. The van der Waals surface area contributed by atoms with Gasteiger partial charge < -0.3 is 14.9 Å². The Morgan fingerprint density at radius 2 is 1.84 bits per heavy atom. The molecule has 1 aromatic heterocycles. The van der Waals surface area contributed by atoms with E-state index in [1.807, 2.05) is 24.3 Å². The largest absolute Gasteiger partial charge is 0.481 e. The van der Waals surface area contributed by atoms with Crippen molar-refractivity contribution in [2.45, 2.75) is 25.8 Å². The second-order valence-corrected chi connectivity index (χ2v) is 8.09. The highest BCUT2D eigenvalue weighted by Crippen LogP contribution is 2.30. The monoisotopic (exact) mass is 462 g/mol. The van der Waals surface area contributed by atoms with E-state index in [1.54, 1.807) is 25.1 Å². The predicted molar refractivity (Wildman–Crippen MR) is 118 cm³/mol. The number of aromatic amines is 1. The third kappa shape index (κ3) is 5.99. The molecule has 2 atom stereocenters. The first-order valence-electron chi connectivity index (χ1n) is 9.49. The van der Waals surface area contributed by atoms with Crippen LogP contribution in [0.15, 0.2) is 57.8 Å². The highest BCUT2D eigenvalue weighted by atomic mass is 35.5. The van der Waals surface area contributed by atoms with Gasteiger partial charge in [-0.2, -0.15) is 5.16 Å². The van der Waals surface area contributed by atoms with Crippen LogP contribution in [0.3, 0.4) is 0 Å². The summed E-state index contributed by atoms with van der Waals surface area (Å²) in [6.45, 7) is 1.57. The fraction of sp³-hybridized carbons (Fsp3) is 0.227. The van der Waals surface area contributed by atoms with Crippen molar-refractivity contribution in [1.29, 1.82) is 0 Å². The topological polar surface area (TPSA) is 112 Å². The maximum absolute atomic E-state index is 12.4. The van der Waals surface area contributed by atoms with E-state index in [0.29, 0.717) is 16.5 Å². The lowest BCUT2D eigenvalue weighted by Gasteiger charge is -2.20. The van der Waals surface area contributed by atoms with Crippen molar-refractivity contribution in [2.24, 2.45) is 5.92 Å². The molecule has 9 heteroatoms. The van der Waals surface area contributed by atoms with E-state index in [2.05, 4.69) is 10.5 Å². The summed E-state index contributed by atoms with van der Waals surface area (Å²) in [7, 11) is 0.